The van der Waals surface area contributed by atoms with E-state index in [-0.39, 0.29) is 12.5 Å². The van der Waals surface area contributed by atoms with Crippen molar-refractivity contribution in [3.63, 3.8) is 0 Å². The van der Waals surface area contributed by atoms with E-state index >= 15 is 0 Å². The molecule has 158 valence electrons. The Morgan fingerprint density at radius 2 is 1.63 bits per heavy atom. The number of carboxylic acids is 1. The Balaban J connectivity index is 1.87. The third kappa shape index (κ3) is 4.09. The fraction of sp³-hybridized carbons (Fsp3) is 0.333. The van der Waals surface area contributed by atoms with Crippen LogP contribution in [0.25, 0.3) is 11.1 Å². The molecule has 1 amide bonds. The van der Waals surface area contributed by atoms with Crippen molar-refractivity contribution in [3.8, 4) is 11.1 Å². The van der Waals surface area contributed by atoms with E-state index in [2.05, 4.69) is 0 Å². The van der Waals surface area contributed by atoms with Gasteiger partial charge in [-0.1, -0.05) is 61.5 Å². The van der Waals surface area contributed by atoms with Gasteiger partial charge in [-0.3, -0.25) is 4.90 Å². The van der Waals surface area contributed by atoms with Crippen molar-refractivity contribution in [1.29, 1.82) is 0 Å². The quantitative estimate of drug-likeness (QED) is 0.708. The van der Waals surface area contributed by atoms with Crippen LogP contribution in [0.4, 0.5) is 4.79 Å². The molecular formula is C24H27NO5. The summed E-state index contributed by atoms with van der Waals surface area (Å²) in [5.74, 6) is -1.42. The molecule has 1 aliphatic carbocycles. The zero-order valence-corrected chi connectivity index (χ0v) is 17.4. The average Bonchev–Trinajstić information content (AvgIpc) is 3.03. The van der Waals surface area contributed by atoms with E-state index in [1.807, 2.05) is 55.5 Å². The summed E-state index contributed by atoms with van der Waals surface area (Å²) in [7, 11) is 0. The van der Waals surface area contributed by atoms with Gasteiger partial charge in [0.05, 0.1) is 6.10 Å². The van der Waals surface area contributed by atoms with E-state index in [0.29, 0.717) is 12.1 Å². The van der Waals surface area contributed by atoms with Gasteiger partial charge in [-0.25, -0.2) is 9.59 Å². The Morgan fingerprint density at radius 1 is 1.10 bits per heavy atom. The first-order valence-corrected chi connectivity index (χ1v) is 10.1. The molecule has 0 saturated carbocycles. The van der Waals surface area contributed by atoms with Crippen molar-refractivity contribution in [2.45, 2.75) is 45.3 Å². The van der Waals surface area contributed by atoms with Gasteiger partial charge in [-0.05, 0) is 42.5 Å². The summed E-state index contributed by atoms with van der Waals surface area (Å²) in [4.78, 5) is 25.8. The summed E-state index contributed by atoms with van der Waals surface area (Å²) in [6, 6.07) is 14.6. The Kier molecular flexibility index (Phi) is 6.57. The van der Waals surface area contributed by atoms with Gasteiger partial charge < -0.3 is 14.9 Å². The molecule has 6 nitrogen and oxygen atoms in total. The van der Waals surface area contributed by atoms with Crippen molar-refractivity contribution >= 4 is 12.1 Å². The molecule has 2 aromatic carbocycles. The van der Waals surface area contributed by atoms with Crippen molar-refractivity contribution in [3.05, 3.63) is 71.4 Å². The Bertz CT molecular complexity index is 920. The first kappa shape index (κ1) is 21.6. The van der Waals surface area contributed by atoms with Crippen LogP contribution in [0.15, 0.2) is 60.3 Å². The molecule has 6 heteroatoms. The lowest BCUT2D eigenvalue weighted by atomic mass is 9.98. The second-order valence-electron chi connectivity index (χ2n) is 7.45. The van der Waals surface area contributed by atoms with Crippen LogP contribution < -0.4 is 0 Å². The average molecular weight is 409 g/mol. The van der Waals surface area contributed by atoms with Crippen LogP contribution >= 0.6 is 0 Å². The fourth-order valence-electron chi connectivity index (χ4n) is 4.07. The summed E-state index contributed by atoms with van der Waals surface area (Å²) < 4.78 is 5.62. The molecule has 0 bridgehead atoms. The maximum atomic E-state index is 13.0. The largest absolute Gasteiger partial charge is 0.480 e. The third-order valence-corrected chi connectivity index (χ3v) is 5.40. The predicted molar refractivity (Wildman–Crippen MR) is 114 cm³/mol. The number of ether oxygens (including phenoxy) is 1. The number of aliphatic hydroxyl groups is 1. The van der Waals surface area contributed by atoms with Crippen LogP contribution in [0, 0.1) is 0 Å². The van der Waals surface area contributed by atoms with Gasteiger partial charge in [-0.15, -0.1) is 0 Å². The molecular weight excluding hydrogens is 382 g/mol. The predicted octanol–water partition coefficient (Wildman–Crippen LogP) is 4.39. The summed E-state index contributed by atoms with van der Waals surface area (Å²) in [5, 5.41) is 19.6. The number of aliphatic carboxylic acids is 1. The standard InChI is InChI=1S/C24H27NO5/c1-4-9-15(2)25(22(16(3)26)23(27)28)24(29)30-14-21-19-12-7-5-10-17(19)18-11-6-8-13-20(18)21/h5-13,16,21-22,26H,4,14H2,1-3H3,(H,27,28)/b15-9+. The highest BCUT2D eigenvalue weighted by Crippen LogP contribution is 2.44. The molecule has 0 radical (unpaired) electrons. The van der Waals surface area contributed by atoms with E-state index in [1.165, 1.54) is 6.92 Å². The highest BCUT2D eigenvalue weighted by Gasteiger charge is 2.37. The summed E-state index contributed by atoms with van der Waals surface area (Å²) in [5.41, 5.74) is 4.80. The number of carbonyl (C=O) groups excluding carboxylic acids is 1. The SMILES string of the molecule is CC/C=C(\C)N(C(=O)OCC1c2ccccc2-c2ccccc21)C(C(=O)O)C(C)O. The fourth-order valence-corrected chi connectivity index (χ4v) is 4.07. The zero-order valence-electron chi connectivity index (χ0n) is 17.4. The molecule has 1 aliphatic rings. The highest BCUT2D eigenvalue weighted by molar-refractivity contribution is 5.82. The van der Waals surface area contributed by atoms with Crippen LogP contribution in [-0.4, -0.2) is 45.9 Å². The van der Waals surface area contributed by atoms with E-state index in [0.717, 1.165) is 27.2 Å². The van der Waals surface area contributed by atoms with E-state index in [9.17, 15) is 19.8 Å². The number of carbonyl (C=O) groups is 2. The highest BCUT2D eigenvalue weighted by atomic mass is 16.6. The lowest BCUT2D eigenvalue weighted by molar-refractivity contribution is -0.145. The molecule has 0 spiro atoms. The van der Waals surface area contributed by atoms with E-state index < -0.39 is 24.2 Å². The van der Waals surface area contributed by atoms with Crippen molar-refractivity contribution in [1.82, 2.24) is 4.90 Å². The van der Waals surface area contributed by atoms with Crippen molar-refractivity contribution < 1.29 is 24.5 Å². The van der Waals surface area contributed by atoms with Gasteiger partial charge in [-0.2, -0.15) is 0 Å². The molecule has 0 aromatic heterocycles. The molecule has 0 saturated heterocycles. The summed E-state index contributed by atoms with van der Waals surface area (Å²) >= 11 is 0. The number of nitrogens with zero attached hydrogens (tertiary/aromatic N) is 1. The van der Waals surface area contributed by atoms with Crippen LogP contribution in [0.1, 0.15) is 44.2 Å². The molecule has 2 atom stereocenters. The molecule has 2 unspecified atom stereocenters. The third-order valence-electron chi connectivity index (χ3n) is 5.40. The zero-order chi connectivity index (χ0) is 21.8. The lowest BCUT2D eigenvalue weighted by Gasteiger charge is -2.31. The minimum Gasteiger partial charge on any atom is -0.480 e. The van der Waals surface area contributed by atoms with Gasteiger partial charge in [0.1, 0.15) is 6.61 Å². The number of aliphatic hydroxyl groups excluding tert-OH is 1. The maximum Gasteiger partial charge on any atom is 0.414 e. The molecule has 30 heavy (non-hydrogen) atoms. The van der Waals surface area contributed by atoms with E-state index in [4.69, 9.17) is 4.74 Å². The molecule has 2 aromatic rings. The first-order valence-electron chi connectivity index (χ1n) is 10.1. The molecule has 2 N–H and O–H groups in total. The first-order chi connectivity index (χ1) is 14.4. The number of amides is 1. The van der Waals surface area contributed by atoms with Crippen LogP contribution in [0.2, 0.25) is 0 Å². The maximum absolute atomic E-state index is 13.0. The molecule has 0 heterocycles. The molecule has 3 rings (SSSR count). The molecule has 0 fully saturated rings. The normalized spacial score (nSPS) is 15.1. The monoisotopic (exact) mass is 409 g/mol. The van der Waals surface area contributed by atoms with Crippen molar-refractivity contribution in [2.24, 2.45) is 0 Å². The smallest absolute Gasteiger partial charge is 0.414 e. The van der Waals surface area contributed by atoms with Gasteiger partial charge in [0, 0.05) is 11.6 Å². The number of benzene rings is 2. The Morgan fingerprint density at radius 3 is 2.10 bits per heavy atom. The van der Waals surface area contributed by atoms with Crippen LogP contribution in [0.3, 0.4) is 0 Å². The number of fused-ring (bicyclic) bond motifs is 3. The lowest BCUT2D eigenvalue weighted by Crippen LogP contribution is -2.50. The topological polar surface area (TPSA) is 87.1 Å². The summed E-state index contributed by atoms with van der Waals surface area (Å²) in [6.45, 7) is 4.96. The van der Waals surface area contributed by atoms with Crippen molar-refractivity contribution in [2.75, 3.05) is 6.61 Å². The Hall–Kier alpha value is -3.12. The van der Waals surface area contributed by atoms with Gasteiger partial charge in [0.2, 0.25) is 0 Å². The second kappa shape index (κ2) is 9.13. The van der Waals surface area contributed by atoms with Gasteiger partial charge >= 0.3 is 12.1 Å². The minimum atomic E-state index is -1.43. The van der Waals surface area contributed by atoms with Gasteiger partial charge in [0.25, 0.3) is 0 Å². The number of carboxylic acid groups (broad SMARTS) is 1. The van der Waals surface area contributed by atoms with Crippen LogP contribution in [-0.2, 0) is 9.53 Å². The van der Waals surface area contributed by atoms with E-state index in [1.54, 1.807) is 13.0 Å². The van der Waals surface area contributed by atoms with Crippen LogP contribution in [0.5, 0.6) is 0 Å². The number of rotatable bonds is 7. The number of hydrogen-bond acceptors (Lipinski definition) is 4. The van der Waals surface area contributed by atoms with Gasteiger partial charge in [0.15, 0.2) is 6.04 Å². The molecule has 0 aliphatic heterocycles. The minimum absolute atomic E-state index is 0.0783. The Labute approximate surface area is 176 Å². The summed E-state index contributed by atoms with van der Waals surface area (Å²) in [6.07, 6.45) is 0.306. The second-order valence-corrected chi connectivity index (χ2v) is 7.45. The number of allylic oxidation sites excluding steroid dienone is 2. The number of hydrogen-bond donors (Lipinski definition) is 2.